The number of benzene rings is 1. The first-order valence-electron chi connectivity index (χ1n) is 6.94. The summed E-state index contributed by atoms with van der Waals surface area (Å²) in [7, 11) is 0. The molecule has 2 N–H and O–H groups in total. The van der Waals surface area contributed by atoms with Gasteiger partial charge in [-0.25, -0.2) is 4.39 Å². The van der Waals surface area contributed by atoms with Gasteiger partial charge in [0.2, 0.25) is 0 Å². The molecule has 2 rings (SSSR count). The lowest BCUT2D eigenvalue weighted by molar-refractivity contribution is 0.142. The van der Waals surface area contributed by atoms with Crippen molar-refractivity contribution < 1.29 is 13.9 Å². The predicted octanol–water partition coefficient (Wildman–Crippen LogP) is 3.02. The van der Waals surface area contributed by atoms with Gasteiger partial charge in [0.1, 0.15) is 0 Å². The van der Waals surface area contributed by atoms with Gasteiger partial charge in [0.15, 0.2) is 17.2 Å². The Labute approximate surface area is 113 Å². The van der Waals surface area contributed by atoms with Gasteiger partial charge >= 0.3 is 0 Å². The maximum Gasteiger partial charge on any atom is 0.161 e. The largest absolute Gasteiger partial charge is 0.490 e. The van der Waals surface area contributed by atoms with E-state index in [0.717, 1.165) is 12.8 Å². The molecule has 1 unspecified atom stereocenters. The van der Waals surface area contributed by atoms with Crippen molar-refractivity contribution in [3.63, 3.8) is 0 Å². The van der Waals surface area contributed by atoms with Crippen molar-refractivity contribution >= 4 is 0 Å². The number of halogens is 1. The fraction of sp³-hybridized carbons (Fsp3) is 0.600. The summed E-state index contributed by atoms with van der Waals surface area (Å²) in [4.78, 5) is 0. The Morgan fingerprint density at radius 1 is 1.21 bits per heavy atom. The average Bonchev–Trinajstić information content (AvgIpc) is 3.25. The van der Waals surface area contributed by atoms with Gasteiger partial charge in [-0.1, -0.05) is 6.07 Å². The second kappa shape index (κ2) is 5.78. The maximum atomic E-state index is 15.0. The molecule has 1 saturated carbocycles. The third-order valence-corrected chi connectivity index (χ3v) is 3.54. The molecule has 19 heavy (non-hydrogen) atoms. The van der Waals surface area contributed by atoms with E-state index in [-0.39, 0.29) is 12.5 Å². The van der Waals surface area contributed by atoms with E-state index in [9.17, 15) is 4.39 Å². The summed E-state index contributed by atoms with van der Waals surface area (Å²) in [5.74, 6) is 1.30. The van der Waals surface area contributed by atoms with Crippen LogP contribution in [-0.2, 0) is 5.67 Å². The summed E-state index contributed by atoms with van der Waals surface area (Å²) in [5.41, 5.74) is 4.82. The van der Waals surface area contributed by atoms with Gasteiger partial charge in [-0.3, -0.25) is 0 Å². The summed E-state index contributed by atoms with van der Waals surface area (Å²) >= 11 is 0. The van der Waals surface area contributed by atoms with Crippen LogP contribution in [0.4, 0.5) is 4.39 Å². The van der Waals surface area contributed by atoms with Gasteiger partial charge in [0.05, 0.1) is 13.2 Å². The van der Waals surface area contributed by atoms with Crippen LogP contribution in [0.1, 0.15) is 32.3 Å². The normalized spacial score (nSPS) is 17.9. The van der Waals surface area contributed by atoms with Gasteiger partial charge in [0, 0.05) is 6.54 Å². The molecule has 1 aromatic carbocycles. The van der Waals surface area contributed by atoms with Gasteiger partial charge in [-0.15, -0.1) is 0 Å². The van der Waals surface area contributed by atoms with Crippen molar-refractivity contribution in [1.82, 2.24) is 0 Å². The van der Waals surface area contributed by atoms with Crippen molar-refractivity contribution in [2.75, 3.05) is 19.8 Å². The highest BCUT2D eigenvalue weighted by atomic mass is 19.1. The van der Waals surface area contributed by atoms with E-state index in [4.69, 9.17) is 15.2 Å². The number of nitrogens with two attached hydrogens (primary N) is 1. The first kappa shape index (κ1) is 14.1. The average molecular weight is 267 g/mol. The lowest BCUT2D eigenvalue weighted by atomic mass is 9.90. The van der Waals surface area contributed by atoms with Gasteiger partial charge < -0.3 is 15.2 Å². The van der Waals surface area contributed by atoms with Crippen molar-refractivity contribution in [2.24, 2.45) is 11.7 Å². The molecule has 106 valence electrons. The zero-order valence-corrected chi connectivity index (χ0v) is 11.6. The van der Waals surface area contributed by atoms with Crippen molar-refractivity contribution in [3.05, 3.63) is 23.8 Å². The van der Waals surface area contributed by atoms with Gasteiger partial charge in [-0.2, -0.15) is 0 Å². The molecule has 1 aliphatic rings. The fourth-order valence-corrected chi connectivity index (χ4v) is 2.37. The molecule has 0 amide bonds. The molecular weight excluding hydrogens is 245 g/mol. The molecule has 0 aromatic heterocycles. The Morgan fingerprint density at radius 3 is 2.37 bits per heavy atom. The van der Waals surface area contributed by atoms with Crippen LogP contribution < -0.4 is 15.2 Å². The van der Waals surface area contributed by atoms with Crippen LogP contribution in [-0.4, -0.2) is 19.8 Å². The Hall–Kier alpha value is -1.29. The molecule has 3 nitrogen and oxygen atoms in total. The molecule has 0 spiro atoms. The van der Waals surface area contributed by atoms with Gasteiger partial charge in [0.25, 0.3) is 0 Å². The zero-order valence-electron chi connectivity index (χ0n) is 11.6. The lowest BCUT2D eigenvalue weighted by Gasteiger charge is -2.25. The Kier molecular flexibility index (Phi) is 4.30. The molecule has 0 heterocycles. The van der Waals surface area contributed by atoms with E-state index in [1.54, 1.807) is 18.2 Å². The highest BCUT2D eigenvalue weighted by Crippen LogP contribution is 2.49. The minimum Gasteiger partial charge on any atom is -0.490 e. The summed E-state index contributed by atoms with van der Waals surface area (Å²) in [6.07, 6.45) is 1.82. The number of rotatable bonds is 7. The first-order valence-corrected chi connectivity index (χ1v) is 6.94. The lowest BCUT2D eigenvalue weighted by Crippen LogP contribution is -2.32. The predicted molar refractivity (Wildman–Crippen MR) is 73.3 cm³/mol. The standard InChI is InChI=1S/C15H22FNO2/c1-3-18-13-8-7-12(9-14(13)19-4-2)15(16,10-17)11-5-6-11/h7-9,11H,3-6,10,17H2,1-2H3. The zero-order chi connectivity index (χ0) is 13.9. The molecular formula is C15H22FNO2. The van der Waals surface area contributed by atoms with E-state index >= 15 is 0 Å². The highest BCUT2D eigenvalue weighted by molar-refractivity contribution is 5.45. The number of alkyl halides is 1. The molecule has 0 radical (unpaired) electrons. The van der Waals surface area contributed by atoms with E-state index in [2.05, 4.69) is 0 Å². The van der Waals surface area contributed by atoms with E-state index < -0.39 is 5.67 Å². The molecule has 0 saturated heterocycles. The SMILES string of the molecule is CCOc1ccc(C(F)(CN)C2CC2)cc1OCC. The fourth-order valence-electron chi connectivity index (χ4n) is 2.37. The summed E-state index contributed by atoms with van der Waals surface area (Å²) in [5, 5.41) is 0. The van der Waals surface area contributed by atoms with E-state index in [1.807, 2.05) is 13.8 Å². The van der Waals surface area contributed by atoms with Crippen LogP contribution in [0.25, 0.3) is 0 Å². The van der Waals surface area contributed by atoms with Gasteiger partial charge in [-0.05, 0) is 50.3 Å². The molecule has 1 aromatic rings. The number of ether oxygens (including phenoxy) is 2. The Morgan fingerprint density at radius 2 is 1.84 bits per heavy atom. The smallest absolute Gasteiger partial charge is 0.161 e. The Bertz CT molecular complexity index is 434. The van der Waals surface area contributed by atoms with Crippen molar-refractivity contribution in [3.8, 4) is 11.5 Å². The summed E-state index contributed by atoms with van der Waals surface area (Å²) in [6, 6.07) is 5.27. The van der Waals surface area contributed by atoms with Crippen molar-refractivity contribution in [2.45, 2.75) is 32.4 Å². The molecule has 0 bridgehead atoms. The quantitative estimate of drug-likeness (QED) is 0.826. The molecule has 4 heteroatoms. The molecule has 0 aliphatic heterocycles. The minimum absolute atomic E-state index is 0.0111. The van der Waals surface area contributed by atoms with E-state index in [0.29, 0.717) is 30.3 Å². The van der Waals surface area contributed by atoms with E-state index in [1.165, 1.54) is 0 Å². The maximum absolute atomic E-state index is 15.0. The van der Waals surface area contributed by atoms with Crippen LogP contribution in [0.2, 0.25) is 0 Å². The number of hydrogen-bond acceptors (Lipinski definition) is 3. The third kappa shape index (κ3) is 2.84. The van der Waals surface area contributed by atoms with Crippen molar-refractivity contribution in [1.29, 1.82) is 0 Å². The summed E-state index contributed by atoms with van der Waals surface area (Å²) in [6.45, 7) is 4.90. The second-order valence-corrected chi connectivity index (χ2v) is 4.87. The highest BCUT2D eigenvalue weighted by Gasteiger charge is 2.46. The third-order valence-electron chi connectivity index (χ3n) is 3.54. The molecule has 1 fully saturated rings. The van der Waals surface area contributed by atoms with Crippen LogP contribution in [0.5, 0.6) is 11.5 Å². The van der Waals surface area contributed by atoms with Crippen LogP contribution in [0.15, 0.2) is 18.2 Å². The number of hydrogen-bond donors (Lipinski definition) is 1. The Balaban J connectivity index is 2.33. The summed E-state index contributed by atoms with van der Waals surface area (Å²) < 4.78 is 26.0. The minimum atomic E-state index is -1.43. The first-order chi connectivity index (χ1) is 9.15. The second-order valence-electron chi connectivity index (χ2n) is 4.87. The monoisotopic (exact) mass is 267 g/mol. The molecule has 1 aliphatic carbocycles. The van der Waals surface area contributed by atoms with Crippen LogP contribution in [0, 0.1) is 5.92 Å². The van der Waals surface area contributed by atoms with Crippen LogP contribution >= 0.6 is 0 Å². The van der Waals surface area contributed by atoms with Crippen LogP contribution in [0.3, 0.4) is 0 Å². The molecule has 1 atom stereocenters. The topological polar surface area (TPSA) is 44.5 Å².